The van der Waals surface area contributed by atoms with Gasteiger partial charge in [-0.1, -0.05) is 31.1 Å². The van der Waals surface area contributed by atoms with E-state index in [4.69, 9.17) is 0 Å². The van der Waals surface area contributed by atoms with Gasteiger partial charge in [-0.25, -0.2) is 0 Å². The van der Waals surface area contributed by atoms with Gasteiger partial charge < -0.3 is 10.2 Å². The molecule has 2 fully saturated rings. The Labute approximate surface area is 158 Å². The van der Waals surface area contributed by atoms with Crippen LogP contribution in [0.1, 0.15) is 45.4 Å². The summed E-state index contributed by atoms with van der Waals surface area (Å²) in [7, 11) is 0. The molecule has 2 aromatic heterocycles. The molecule has 1 saturated heterocycles. The van der Waals surface area contributed by atoms with Gasteiger partial charge in [0.25, 0.3) is 0 Å². The molecule has 0 aromatic carbocycles. The smallest absolute Gasteiger partial charge is 0.225 e. The minimum absolute atomic E-state index is 0.0526. The summed E-state index contributed by atoms with van der Waals surface area (Å²) in [5.41, 5.74) is 0. The summed E-state index contributed by atoms with van der Waals surface area (Å²) in [5, 5.41) is 13.8. The van der Waals surface area contributed by atoms with E-state index in [0.717, 1.165) is 42.6 Å². The van der Waals surface area contributed by atoms with Gasteiger partial charge in [0.2, 0.25) is 16.2 Å². The first kappa shape index (κ1) is 17.5. The van der Waals surface area contributed by atoms with E-state index >= 15 is 0 Å². The molecule has 1 aliphatic carbocycles. The van der Waals surface area contributed by atoms with E-state index in [1.54, 1.807) is 11.3 Å². The maximum atomic E-state index is 12.8. The van der Waals surface area contributed by atoms with Gasteiger partial charge in [0, 0.05) is 31.5 Å². The highest BCUT2D eigenvalue weighted by molar-refractivity contribution is 7.17. The van der Waals surface area contributed by atoms with Crippen LogP contribution < -0.4 is 10.2 Å². The minimum Gasteiger partial charge on any atom is -0.353 e. The van der Waals surface area contributed by atoms with Crippen LogP contribution in [0.3, 0.4) is 0 Å². The minimum atomic E-state index is 0.0526. The molecule has 7 heteroatoms. The van der Waals surface area contributed by atoms with Crippen molar-refractivity contribution in [2.45, 2.75) is 51.5 Å². The summed E-state index contributed by atoms with van der Waals surface area (Å²) in [4.78, 5) is 15.0. The SMILES string of the molecule is CC1CCCCC1NC(=O)C1CCCN(c2nnc(-n3cccc3)s2)C1. The van der Waals surface area contributed by atoms with Crippen LogP contribution in [-0.4, -0.2) is 39.8 Å². The summed E-state index contributed by atoms with van der Waals surface area (Å²) < 4.78 is 1.97. The molecule has 2 aromatic rings. The average molecular weight is 374 g/mol. The van der Waals surface area contributed by atoms with Crippen molar-refractivity contribution in [2.24, 2.45) is 11.8 Å². The second-order valence-electron chi connectivity index (χ2n) is 7.62. The van der Waals surface area contributed by atoms with Gasteiger partial charge in [0.1, 0.15) is 0 Å². The number of nitrogens with zero attached hydrogens (tertiary/aromatic N) is 4. The first-order valence-electron chi connectivity index (χ1n) is 9.73. The van der Waals surface area contributed by atoms with Crippen molar-refractivity contribution in [2.75, 3.05) is 18.0 Å². The second-order valence-corrected chi connectivity index (χ2v) is 8.55. The first-order valence-corrected chi connectivity index (χ1v) is 10.5. The predicted molar refractivity (Wildman–Crippen MR) is 104 cm³/mol. The molecule has 1 amide bonds. The van der Waals surface area contributed by atoms with Crippen LogP contribution >= 0.6 is 11.3 Å². The highest BCUT2D eigenvalue weighted by Crippen LogP contribution is 2.29. The lowest BCUT2D eigenvalue weighted by molar-refractivity contribution is -0.126. The lowest BCUT2D eigenvalue weighted by Crippen LogP contribution is -2.48. The fraction of sp³-hybridized carbons (Fsp3) is 0.632. The molecule has 3 atom stereocenters. The summed E-state index contributed by atoms with van der Waals surface area (Å²) in [6, 6.07) is 4.32. The molecule has 6 nitrogen and oxygen atoms in total. The van der Waals surface area contributed by atoms with E-state index in [9.17, 15) is 4.79 Å². The zero-order valence-electron chi connectivity index (χ0n) is 15.3. The van der Waals surface area contributed by atoms with Gasteiger partial charge in [0.05, 0.1) is 5.92 Å². The van der Waals surface area contributed by atoms with Gasteiger partial charge in [0.15, 0.2) is 0 Å². The molecule has 3 heterocycles. The number of aromatic nitrogens is 3. The van der Waals surface area contributed by atoms with E-state index in [1.165, 1.54) is 19.3 Å². The maximum Gasteiger partial charge on any atom is 0.225 e. The lowest BCUT2D eigenvalue weighted by atomic mass is 9.85. The molecule has 140 valence electrons. The van der Waals surface area contributed by atoms with Gasteiger partial charge in [-0.05, 0) is 43.7 Å². The van der Waals surface area contributed by atoms with E-state index in [-0.39, 0.29) is 11.8 Å². The molecule has 1 saturated carbocycles. The van der Waals surface area contributed by atoms with Crippen LogP contribution in [-0.2, 0) is 4.79 Å². The average Bonchev–Trinajstić information content (AvgIpc) is 3.35. The highest BCUT2D eigenvalue weighted by atomic mass is 32.1. The molecule has 4 rings (SSSR count). The van der Waals surface area contributed by atoms with E-state index in [0.29, 0.717) is 12.0 Å². The van der Waals surface area contributed by atoms with E-state index < -0.39 is 0 Å². The summed E-state index contributed by atoms with van der Waals surface area (Å²) in [6.45, 7) is 3.96. The maximum absolute atomic E-state index is 12.8. The van der Waals surface area contributed by atoms with Gasteiger partial charge in [-0.15, -0.1) is 10.2 Å². The molecular formula is C19H27N5OS. The lowest BCUT2D eigenvalue weighted by Gasteiger charge is -2.34. The Balaban J connectivity index is 1.38. The molecule has 3 unspecified atom stereocenters. The molecule has 1 aliphatic heterocycles. The molecular weight excluding hydrogens is 346 g/mol. The number of carbonyl (C=O) groups excluding carboxylic acids is 1. The third-order valence-electron chi connectivity index (χ3n) is 5.73. The Morgan fingerprint density at radius 3 is 2.69 bits per heavy atom. The van der Waals surface area contributed by atoms with Crippen LogP contribution in [0.15, 0.2) is 24.5 Å². The Bertz CT molecular complexity index is 728. The summed E-state index contributed by atoms with van der Waals surface area (Å²) in [5.74, 6) is 0.875. The number of anilines is 1. The zero-order chi connectivity index (χ0) is 17.9. The molecule has 1 N–H and O–H groups in total. The van der Waals surface area contributed by atoms with E-state index in [2.05, 4.69) is 27.3 Å². The number of carbonyl (C=O) groups is 1. The molecule has 0 bridgehead atoms. The molecule has 2 aliphatic rings. The van der Waals surface area contributed by atoms with Crippen LogP contribution in [0.4, 0.5) is 5.13 Å². The van der Waals surface area contributed by atoms with Crippen LogP contribution in [0, 0.1) is 11.8 Å². The van der Waals surface area contributed by atoms with Crippen molar-refractivity contribution < 1.29 is 4.79 Å². The van der Waals surface area contributed by atoms with E-state index in [1.807, 2.05) is 29.1 Å². The topological polar surface area (TPSA) is 63.1 Å². The number of nitrogens with one attached hydrogen (secondary N) is 1. The third kappa shape index (κ3) is 3.77. The van der Waals surface area contributed by atoms with Crippen LogP contribution in [0.5, 0.6) is 0 Å². The van der Waals surface area contributed by atoms with Crippen molar-refractivity contribution in [1.82, 2.24) is 20.1 Å². The normalized spacial score (nSPS) is 26.7. The Hall–Kier alpha value is -1.89. The van der Waals surface area contributed by atoms with Gasteiger partial charge in [-0.2, -0.15) is 0 Å². The van der Waals surface area contributed by atoms with Crippen molar-refractivity contribution in [1.29, 1.82) is 0 Å². The summed E-state index contributed by atoms with van der Waals surface area (Å²) in [6.07, 6.45) is 10.8. The van der Waals surface area contributed by atoms with Crippen LogP contribution in [0.25, 0.3) is 5.13 Å². The summed E-state index contributed by atoms with van der Waals surface area (Å²) >= 11 is 1.58. The van der Waals surface area contributed by atoms with Gasteiger partial charge in [-0.3, -0.25) is 9.36 Å². The number of rotatable bonds is 4. The number of amides is 1. The fourth-order valence-corrected chi connectivity index (χ4v) is 4.95. The Morgan fingerprint density at radius 1 is 1.12 bits per heavy atom. The number of hydrogen-bond donors (Lipinski definition) is 1. The van der Waals surface area contributed by atoms with Crippen molar-refractivity contribution in [3.63, 3.8) is 0 Å². The van der Waals surface area contributed by atoms with Crippen molar-refractivity contribution in [3.05, 3.63) is 24.5 Å². The predicted octanol–water partition coefficient (Wildman–Crippen LogP) is 3.24. The molecule has 26 heavy (non-hydrogen) atoms. The number of hydrogen-bond acceptors (Lipinski definition) is 5. The molecule has 0 radical (unpaired) electrons. The van der Waals surface area contributed by atoms with Crippen molar-refractivity contribution >= 4 is 22.4 Å². The van der Waals surface area contributed by atoms with Gasteiger partial charge >= 0.3 is 0 Å². The Morgan fingerprint density at radius 2 is 1.88 bits per heavy atom. The number of piperidine rings is 1. The monoisotopic (exact) mass is 373 g/mol. The fourth-order valence-electron chi connectivity index (χ4n) is 4.10. The zero-order valence-corrected chi connectivity index (χ0v) is 16.1. The van der Waals surface area contributed by atoms with Crippen LogP contribution in [0.2, 0.25) is 0 Å². The third-order valence-corrected chi connectivity index (χ3v) is 6.73. The first-order chi connectivity index (χ1) is 12.7. The van der Waals surface area contributed by atoms with Crippen molar-refractivity contribution in [3.8, 4) is 5.13 Å². The molecule has 0 spiro atoms. The quantitative estimate of drug-likeness (QED) is 0.894. The largest absolute Gasteiger partial charge is 0.353 e. The highest BCUT2D eigenvalue weighted by Gasteiger charge is 2.30. The second kappa shape index (κ2) is 7.78. The standard InChI is InChI=1S/C19H27N5OS/c1-14-7-2-3-9-16(14)20-17(25)15-8-6-12-24(13-15)19-22-21-18(26-19)23-10-4-5-11-23/h4-5,10-11,14-16H,2-3,6-9,12-13H2,1H3,(H,20,25). The Kier molecular flexibility index (Phi) is 5.24.